The van der Waals surface area contributed by atoms with Crippen molar-refractivity contribution in [2.45, 2.75) is 19.3 Å². The topological polar surface area (TPSA) is 201 Å². The molecular weight excluding hydrogens is 956 g/mol. The van der Waals surface area contributed by atoms with E-state index < -0.39 is 17.8 Å². The van der Waals surface area contributed by atoms with E-state index in [4.69, 9.17) is 34.2 Å². The van der Waals surface area contributed by atoms with Crippen LogP contribution in [0.25, 0.3) is 22.1 Å². The number of rotatable bonds is 12. The number of aromatic nitrogens is 4. The third-order valence-corrected chi connectivity index (χ3v) is 11.5. The van der Waals surface area contributed by atoms with Crippen molar-refractivity contribution in [2.75, 3.05) is 73.9 Å². The van der Waals surface area contributed by atoms with Crippen LogP contribution in [0.2, 0.25) is 0 Å². The molecule has 0 bridgehead atoms. The van der Waals surface area contributed by atoms with Gasteiger partial charge in [-0.3, -0.25) is 19.8 Å². The summed E-state index contributed by atoms with van der Waals surface area (Å²) in [5, 5.41) is 19.4. The number of nitrogens with zero attached hydrogens (tertiary/aromatic N) is 7. The Kier molecular flexibility index (Phi) is 16.1. The van der Waals surface area contributed by atoms with E-state index in [0.717, 1.165) is 91.5 Å². The van der Waals surface area contributed by atoms with Gasteiger partial charge in [0.1, 0.15) is 23.0 Å². The highest BCUT2D eigenvalue weighted by Crippen LogP contribution is 2.31. The molecule has 8 aromatic rings. The second kappa shape index (κ2) is 23.7. The molecule has 74 heavy (non-hydrogen) atoms. The maximum atomic E-state index is 12.9. The van der Waals surface area contributed by atoms with Gasteiger partial charge in [-0.25, -0.2) is 19.6 Å². The number of alkyl halides is 3. The summed E-state index contributed by atoms with van der Waals surface area (Å²) in [6.45, 7) is 7.88. The second-order valence-corrected chi connectivity index (χ2v) is 17.0. The minimum Gasteiger partial charge on any atom is -0.457 e. The average molecular weight is 1000 g/mol. The van der Waals surface area contributed by atoms with Crippen LogP contribution in [0, 0.1) is 11.3 Å². The number of nitriles is 1. The number of hydrogen-bond acceptors (Lipinski definition) is 13. The summed E-state index contributed by atoms with van der Waals surface area (Å²) in [4.78, 5) is 47.6. The Bertz CT molecular complexity index is 3260. The van der Waals surface area contributed by atoms with Crippen LogP contribution >= 0.6 is 0 Å². The molecule has 4 N–H and O–H groups in total. The van der Waals surface area contributed by atoms with Gasteiger partial charge in [-0.2, -0.15) is 18.4 Å². The SMILES string of the molecule is N#Cc1ccc(NC(=O)Nc2ccc(Oc3ccc4ncc(CN5CCOCC5)nc4c3)cc2)cc1.O=C(Nc1ccc(Oc2ccc3ncc(CN4CCOCC4)nc3c2)cc1)Nc1cccc(C(F)(F)F)c1. The summed E-state index contributed by atoms with van der Waals surface area (Å²) >= 11 is 0. The van der Waals surface area contributed by atoms with Gasteiger partial charge in [-0.15, -0.1) is 0 Å². The molecule has 0 spiro atoms. The van der Waals surface area contributed by atoms with Crippen LogP contribution < -0.4 is 30.7 Å². The number of morpholine rings is 2. The second-order valence-electron chi connectivity index (χ2n) is 17.0. The fourth-order valence-corrected chi connectivity index (χ4v) is 7.79. The first-order valence-corrected chi connectivity index (χ1v) is 23.5. The molecule has 10 rings (SSSR count). The summed E-state index contributed by atoms with van der Waals surface area (Å²) in [5.74, 6) is 2.40. The molecule has 2 saturated heterocycles. The van der Waals surface area contributed by atoms with Crippen LogP contribution in [0.4, 0.5) is 45.5 Å². The molecule has 376 valence electrons. The van der Waals surface area contributed by atoms with Gasteiger partial charge < -0.3 is 40.2 Å². The normalized spacial score (nSPS) is 14.0. The highest BCUT2D eigenvalue weighted by atomic mass is 19.4. The summed E-state index contributed by atoms with van der Waals surface area (Å²) in [6.07, 6.45) is -0.887. The summed E-state index contributed by atoms with van der Waals surface area (Å²) in [5.41, 5.74) is 6.22. The van der Waals surface area contributed by atoms with Crippen molar-refractivity contribution >= 4 is 56.9 Å². The average Bonchev–Trinajstić information content (AvgIpc) is 3.40. The van der Waals surface area contributed by atoms with Gasteiger partial charge in [0, 0.05) is 74.2 Å². The Labute approximate surface area is 422 Å². The molecule has 0 radical (unpaired) electrons. The molecule has 6 aromatic carbocycles. The van der Waals surface area contributed by atoms with Crippen LogP contribution in [0.1, 0.15) is 22.5 Å². The van der Waals surface area contributed by atoms with Crippen molar-refractivity contribution in [1.82, 2.24) is 29.7 Å². The van der Waals surface area contributed by atoms with Gasteiger partial charge in [0.05, 0.1) is 89.5 Å². The Morgan fingerprint density at radius 1 is 0.541 bits per heavy atom. The molecule has 0 aliphatic carbocycles. The van der Waals surface area contributed by atoms with E-state index in [2.05, 4.69) is 41.0 Å². The highest BCUT2D eigenvalue weighted by molar-refractivity contribution is 6.00. The third-order valence-electron chi connectivity index (χ3n) is 11.5. The van der Waals surface area contributed by atoms with E-state index >= 15 is 0 Å². The van der Waals surface area contributed by atoms with E-state index in [-0.39, 0.29) is 11.7 Å². The smallest absolute Gasteiger partial charge is 0.416 e. The Balaban J connectivity index is 0.000000182. The first-order valence-electron chi connectivity index (χ1n) is 23.5. The van der Waals surface area contributed by atoms with Gasteiger partial charge in [0.25, 0.3) is 0 Å². The lowest BCUT2D eigenvalue weighted by Crippen LogP contribution is -2.35. The number of carbonyl (C=O) groups excluding carboxylic acids is 2. The van der Waals surface area contributed by atoms with E-state index in [0.29, 0.717) is 65.4 Å². The van der Waals surface area contributed by atoms with Crippen LogP contribution in [0.3, 0.4) is 0 Å². The molecular formula is C54H48F3N11O6. The third kappa shape index (κ3) is 14.2. The summed E-state index contributed by atoms with van der Waals surface area (Å²) < 4.78 is 61.4. The zero-order chi connectivity index (χ0) is 51.3. The molecule has 4 amide bonds. The maximum Gasteiger partial charge on any atom is 0.416 e. The molecule has 4 heterocycles. The van der Waals surface area contributed by atoms with Crippen molar-refractivity contribution < 1.29 is 41.7 Å². The molecule has 2 fully saturated rings. The lowest BCUT2D eigenvalue weighted by Gasteiger charge is -2.26. The minimum atomic E-state index is -4.49. The zero-order valence-electron chi connectivity index (χ0n) is 39.6. The molecule has 0 unspecified atom stereocenters. The van der Waals surface area contributed by atoms with Gasteiger partial charge in [-0.1, -0.05) is 6.07 Å². The lowest BCUT2D eigenvalue weighted by atomic mass is 10.2. The number of amides is 4. The van der Waals surface area contributed by atoms with Gasteiger partial charge in [0.15, 0.2) is 0 Å². The number of carbonyl (C=O) groups is 2. The zero-order valence-corrected chi connectivity index (χ0v) is 39.6. The first kappa shape index (κ1) is 50.2. The van der Waals surface area contributed by atoms with Crippen LogP contribution in [0.15, 0.2) is 146 Å². The standard InChI is InChI=1S/C27H24F3N5O3.C27H24N6O3/c28-27(29,30)18-2-1-3-20(14-18)34-26(36)33-19-4-6-22(7-5-19)38-23-8-9-24-25(15-23)32-21(16-31-24)17-35-10-12-37-13-11-35;28-16-19-1-3-20(4-2-19)31-27(34)32-21-5-7-23(8-6-21)36-24-9-10-25-26(15-24)30-22(17-29-25)18-33-11-13-35-14-12-33/h1-9,14-16H,10-13,17H2,(H2,33,34,36);1-10,15,17H,11-14,18H2,(H2,31,32,34). The van der Waals surface area contributed by atoms with Crippen LogP contribution in [0.5, 0.6) is 23.0 Å². The first-order chi connectivity index (χ1) is 36.0. The predicted molar refractivity (Wildman–Crippen MR) is 272 cm³/mol. The fourth-order valence-electron chi connectivity index (χ4n) is 7.79. The number of hydrogen-bond donors (Lipinski definition) is 4. The Morgan fingerprint density at radius 3 is 1.39 bits per heavy atom. The Morgan fingerprint density at radius 2 is 0.959 bits per heavy atom. The number of benzene rings is 6. The summed E-state index contributed by atoms with van der Waals surface area (Å²) in [6, 6.07) is 36.8. The van der Waals surface area contributed by atoms with E-state index in [1.54, 1.807) is 85.1 Å². The molecule has 17 nitrogen and oxygen atoms in total. The number of anilines is 4. The molecule has 2 aliphatic rings. The molecule has 2 aromatic heterocycles. The summed E-state index contributed by atoms with van der Waals surface area (Å²) in [7, 11) is 0. The number of urea groups is 2. The quantitative estimate of drug-likeness (QED) is 0.0902. The predicted octanol–water partition coefficient (Wildman–Crippen LogP) is 10.7. The number of ether oxygens (including phenoxy) is 4. The number of nitrogens with one attached hydrogen (secondary N) is 4. The van der Waals surface area contributed by atoms with Crippen molar-refractivity contribution in [3.8, 4) is 29.1 Å². The highest BCUT2D eigenvalue weighted by Gasteiger charge is 2.30. The van der Waals surface area contributed by atoms with Crippen molar-refractivity contribution in [1.29, 1.82) is 5.26 Å². The monoisotopic (exact) mass is 1000 g/mol. The van der Waals surface area contributed by atoms with Gasteiger partial charge in [0.2, 0.25) is 0 Å². The molecule has 2 aliphatic heterocycles. The fraction of sp³-hybridized carbons (Fsp3) is 0.204. The molecule has 0 saturated carbocycles. The van der Waals surface area contributed by atoms with E-state index in [1.165, 1.54) is 12.1 Å². The largest absolute Gasteiger partial charge is 0.457 e. The maximum absolute atomic E-state index is 12.9. The molecule has 20 heteroatoms. The van der Waals surface area contributed by atoms with E-state index in [1.807, 2.05) is 42.6 Å². The van der Waals surface area contributed by atoms with Crippen molar-refractivity contribution in [3.63, 3.8) is 0 Å². The number of fused-ring (bicyclic) bond motifs is 2. The van der Waals surface area contributed by atoms with Crippen LogP contribution in [-0.2, 0) is 28.7 Å². The van der Waals surface area contributed by atoms with E-state index in [9.17, 15) is 22.8 Å². The van der Waals surface area contributed by atoms with Crippen molar-refractivity contribution in [2.24, 2.45) is 0 Å². The van der Waals surface area contributed by atoms with Crippen molar-refractivity contribution in [3.05, 3.63) is 168 Å². The van der Waals surface area contributed by atoms with Gasteiger partial charge >= 0.3 is 18.2 Å². The number of halogens is 3. The Hall–Kier alpha value is -8.74. The minimum absolute atomic E-state index is 0.0322. The van der Waals surface area contributed by atoms with Gasteiger partial charge in [-0.05, 0) is 115 Å². The van der Waals surface area contributed by atoms with Crippen LogP contribution in [-0.4, -0.2) is 94.4 Å². The lowest BCUT2D eigenvalue weighted by molar-refractivity contribution is -0.137. The molecule has 0 atom stereocenters.